The van der Waals surface area contributed by atoms with Crippen LogP contribution in [0.5, 0.6) is 0 Å². The van der Waals surface area contributed by atoms with Crippen LogP contribution in [0.25, 0.3) is 0 Å². The van der Waals surface area contributed by atoms with E-state index in [1.54, 1.807) is 6.92 Å². The average molecular weight is 1120 g/mol. The van der Waals surface area contributed by atoms with Gasteiger partial charge in [-0.05, 0) is 52.9 Å². The number of hydrogen-bond donors (Lipinski definition) is 8. The van der Waals surface area contributed by atoms with E-state index in [-0.39, 0.29) is 175 Å². The molecular weight excluding hydrogens is 1020 g/mol. The van der Waals surface area contributed by atoms with Gasteiger partial charge in [0.05, 0.1) is 51.4 Å². The van der Waals surface area contributed by atoms with Crippen molar-refractivity contribution in [2.75, 3.05) is 90.6 Å². The molecule has 0 aliphatic heterocycles. The van der Waals surface area contributed by atoms with Crippen LogP contribution in [-0.4, -0.2) is 177 Å². The maximum absolute atomic E-state index is 12.5. The predicted molar refractivity (Wildman–Crippen MR) is 293 cm³/mol. The van der Waals surface area contributed by atoms with Crippen molar-refractivity contribution in [1.29, 1.82) is 0 Å². The number of Topliss-reactive ketones (excluding diaryl/α,β-unsaturated/α-hetero) is 4. The summed E-state index contributed by atoms with van der Waals surface area (Å²) < 4.78 is 21.4. The van der Waals surface area contributed by atoms with Gasteiger partial charge in [0.15, 0.2) is 0 Å². The number of aliphatic hydroxyl groups is 1. The third-order valence-corrected chi connectivity index (χ3v) is 13.2. The summed E-state index contributed by atoms with van der Waals surface area (Å²) in [5, 5.41) is 38.0. The first kappa shape index (κ1) is 74.7. The second kappa shape index (κ2) is 52.3. The molecule has 0 aliphatic carbocycles. The minimum atomic E-state index is -1.17. The highest BCUT2D eigenvalue weighted by Crippen LogP contribution is 2.18. The van der Waals surface area contributed by atoms with E-state index < -0.39 is 23.9 Å². The molecule has 0 aromatic carbocycles. The van der Waals surface area contributed by atoms with E-state index in [0.29, 0.717) is 31.6 Å². The van der Waals surface area contributed by atoms with Crippen molar-refractivity contribution in [1.82, 2.24) is 21.3 Å². The Balaban J connectivity index is 0. The number of rotatable bonds is 53. The van der Waals surface area contributed by atoms with E-state index in [4.69, 9.17) is 29.8 Å². The maximum atomic E-state index is 12.5. The molecule has 77 heavy (non-hydrogen) atoms. The summed E-state index contributed by atoms with van der Waals surface area (Å²) in [5.41, 5.74) is 5.09. The van der Waals surface area contributed by atoms with Gasteiger partial charge in [0, 0.05) is 75.9 Å². The molecular formula is C54H97N5O17S. The number of ketones is 4. The normalized spacial score (nSPS) is 12.5. The largest absolute Gasteiger partial charge is 0.481 e. The first-order chi connectivity index (χ1) is 36.8. The molecule has 0 fully saturated rings. The Morgan fingerprint density at radius 1 is 0.532 bits per heavy atom. The number of aliphatic hydroxyl groups excluding tert-OH is 1. The first-order valence-corrected chi connectivity index (χ1v) is 28.8. The standard InChI is InChI=1S/C50H88N4O16S.C4H9NO/c1-3-40(44(58)33-41(34-55)39(2)56)37-71-38-48(62)52-25-24-51-46(60)35-70-32-30-68-28-26-53-47(61)36-69-31-29-67-27-18-19-42(57)22-23-43(50(65)66)54-45(59)20-16-14-12-10-8-6-4-5-7-9-11-13-15-17-21-49(63)64;1-3(5)4(2)6/h40-41,43,55H,3-38H2,1-2H3,(H,51,60)(H,52,62)(H,53,61)(H,54,59)(H,63,64)(H,65,66);3H,5H2,1-2H3/t40-,41-,43-;3-/m00/s1. The number of hydrogen-bond acceptors (Lipinski definition) is 17. The van der Waals surface area contributed by atoms with Crippen molar-refractivity contribution in [3.8, 4) is 0 Å². The third-order valence-electron chi connectivity index (χ3n) is 12.1. The monoisotopic (exact) mass is 1120 g/mol. The molecule has 9 N–H and O–H groups in total. The SMILES string of the molecule is CC(=O)[C@H](C)N.CC[C@@H](CSCC(=O)NCCNC(=O)COCCOCCNC(=O)COCCOCCCC(=O)CC[C@H](NC(=O)CCCCCCCCCCCCCCCCC(=O)O)C(=O)O)C(=O)C[C@@H](CO)C(C)=O. The molecule has 22 nitrogen and oxygen atoms in total. The number of aliphatic carboxylic acids is 2. The van der Waals surface area contributed by atoms with Crippen LogP contribution in [0, 0.1) is 11.8 Å². The second-order valence-electron chi connectivity index (χ2n) is 19.0. The number of amides is 4. The highest BCUT2D eigenvalue weighted by molar-refractivity contribution is 7.99. The molecule has 0 bridgehead atoms. The van der Waals surface area contributed by atoms with E-state index in [2.05, 4.69) is 21.3 Å². The maximum Gasteiger partial charge on any atom is 0.326 e. The van der Waals surface area contributed by atoms with Gasteiger partial charge in [0.2, 0.25) is 23.6 Å². The van der Waals surface area contributed by atoms with Gasteiger partial charge in [-0.15, -0.1) is 0 Å². The summed E-state index contributed by atoms with van der Waals surface area (Å²) in [4.78, 5) is 117. The minimum absolute atomic E-state index is 0.00866. The van der Waals surface area contributed by atoms with Crippen molar-refractivity contribution < 1.29 is 82.2 Å². The van der Waals surface area contributed by atoms with Crippen LogP contribution in [0.1, 0.15) is 169 Å². The molecule has 0 rings (SSSR count). The second-order valence-corrected chi connectivity index (χ2v) is 20.1. The van der Waals surface area contributed by atoms with Gasteiger partial charge in [0.1, 0.15) is 42.4 Å². The molecule has 4 atom stereocenters. The number of nitrogens with one attached hydrogen (secondary N) is 4. The number of carbonyl (C=O) groups is 10. The molecule has 0 heterocycles. The van der Waals surface area contributed by atoms with Gasteiger partial charge < -0.3 is 61.3 Å². The van der Waals surface area contributed by atoms with Crippen molar-refractivity contribution in [2.45, 2.75) is 181 Å². The molecule has 0 aliphatic rings. The lowest BCUT2D eigenvalue weighted by Crippen LogP contribution is -2.41. The summed E-state index contributed by atoms with van der Waals surface area (Å²) in [5.74, 6) is -3.99. The van der Waals surface area contributed by atoms with Crippen LogP contribution in [-0.2, 0) is 66.9 Å². The van der Waals surface area contributed by atoms with Crippen molar-refractivity contribution in [2.24, 2.45) is 17.6 Å². The number of ether oxygens (including phenoxy) is 4. The van der Waals surface area contributed by atoms with Crippen LogP contribution in [0.3, 0.4) is 0 Å². The lowest BCUT2D eigenvalue weighted by molar-refractivity contribution is -0.142. The highest BCUT2D eigenvalue weighted by Gasteiger charge is 2.24. The fourth-order valence-corrected chi connectivity index (χ4v) is 8.19. The number of carbonyl (C=O) groups excluding carboxylic acids is 8. The number of unbranched alkanes of at least 4 members (excludes halogenated alkanes) is 13. The molecule has 446 valence electrons. The van der Waals surface area contributed by atoms with Gasteiger partial charge >= 0.3 is 11.9 Å². The molecule has 0 aromatic heterocycles. The lowest BCUT2D eigenvalue weighted by atomic mass is 9.92. The molecule has 0 saturated carbocycles. The molecule has 0 spiro atoms. The van der Waals surface area contributed by atoms with E-state index in [1.807, 2.05) is 6.92 Å². The van der Waals surface area contributed by atoms with Gasteiger partial charge in [-0.1, -0.05) is 84.0 Å². The Morgan fingerprint density at radius 2 is 1.00 bits per heavy atom. The summed E-state index contributed by atoms with van der Waals surface area (Å²) in [6.07, 6.45) is 16.8. The Hall–Kier alpha value is -4.39. The van der Waals surface area contributed by atoms with E-state index in [1.165, 1.54) is 64.1 Å². The minimum Gasteiger partial charge on any atom is -0.481 e. The lowest BCUT2D eigenvalue weighted by Gasteiger charge is -2.16. The van der Waals surface area contributed by atoms with Crippen molar-refractivity contribution in [3.05, 3.63) is 0 Å². The van der Waals surface area contributed by atoms with Gasteiger partial charge in [0.25, 0.3) is 0 Å². The topological polar surface area (TPSA) is 342 Å². The molecule has 4 amide bonds. The fourth-order valence-electron chi connectivity index (χ4n) is 7.08. The van der Waals surface area contributed by atoms with Crippen molar-refractivity contribution in [3.63, 3.8) is 0 Å². The number of carboxylic acid groups (broad SMARTS) is 2. The quantitative estimate of drug-likeness (QED) is 0.0394. The van der Waals surface area contributed by atoms with E-state index in [9.17, 15) is 58.2 Å². The Bertz CT molecular complexity index is 1660. The van der Waals surface area contributed by atoms with Crippen LogP contribution >= 0.6 is 11.8 Å². The van der Waals surface area contributed by atoms with Crippen LogP contribution < -0.4 is 27.0 Å². The summed E-state index contributed by atoms with van der Waals surface area (Å²) in [6.45, 7) is 7.54. The fraction of sp³-hybridized carbons (Fsp3) is 0.815. The zero-order valence-electron chi connectivity index (χ0n) is 46.8. The molecule has 0 aromatic rings. The van der Waals surface area contributed by atoms with Gasteiger partial charge in [-0.3, -0.25) is 43.2 Å². The highest BCUT2D eigenvalue weighted by atomic mass is 32.2. The smallest absolute Gasteiger partial charge is 0.326 e. The summed E-state index contributed by atoms with van der Waals surface area (Å²) in [6, 6.07) is -1.40. The molecule has 0 unspecified atom stereocenters. The zero-order chi connectivity index (χ0) is 57.9. The third kappa shape index (κ3) is 50.8. The van der Waals surface area contributed by atoms with Gasteiger partial charge in [-0.25, -0.2) is 4.79 Å². The molecule has 0 radical (unpaired) electrons. The Kier molecular flexibility index (Phi) is 50.7. The average Bonchev–Trinajstić information content (AvgIpc) is 3.38. The predicted octanol–water partition coefficient (Wildman–Crippen LogP) is 4.27. The van der Waals surface area contributed by atoms with E-state index >= 15 is 0 Å². The van der Waals surface area contributed by atoms with Crippen molar-refractivity contribution >= 4 is 70.5 Å². The number of carboxylic acids is 2. The Morgan fingerprint density at radius 3 is 1.47 bits per heavy atom. The summed E-state index contributed by atoms with van der Waals surface area (Å²) in [7, 11) is 0. The Labute approximate surface area is 461 Å². The zero-order valence-corrected chi connectivity index (χ0v) is 47.6. The first-order valence-electron chi connectivity index (χ1n) is 27.7. The number of thioether (sulfide) groups is 1. The molecule has 23 heteroatoms. The molecule has 0 saturated heterocycles. The van der Waals surface area contributed by atoms with Crippen LogP contribution in [0.4, 0.5) is 0 Å². The van der Waals surface area contributed by atoms with E-state index in [0.717, 1.165) is 44.9 Å². The van der Waals surface area contributed by atoms with Crippen LogP contribution in [0.2, 0.25) is 0 Å². The van der Waals surface area contributed by atoms with Gasteiger partial charge in [-0.2, -0.15) is 11.8 Å². The van der Waals surface area contributed by atoms with Crippen LogP contribution in [0.15, 0.2) is 0 Å². The summed E-state index contributed by atoms with van der Waals surface area (Å²) >= 11 is 1.31. The number of nitrogens with two attached hydrogens (primary N) is 1.